The van der Waals surface area contributed by atoms with Crippen LogP contribution in [0.2, 0.25) is 0 Å². The highest BCUT2D eigenvalue weighted by Crippen LogP contribution is 2.28. The van der Waals surface area contributed by atoms with Gasteiger partial charge in [-0.15, -0.1) is 24.0 Å². The summed E-state index contributed by atoms with van der Waals surface area (Å²) in [5.74, 6) is 2.45. The van der Waals surface area contributed by atoms with Crippen LogP contribution in [0.5, 0.6) is 0 Å². The molecule has 0 aromatic carbocycles. The number of rotatable bonds is 6. The van der Waals surface area contributed by atoms with E-state index in [1.807, 2.05) is 4.90 Å². The minimum absolute atomic E-state index is 0. The number of morpholine rings is 1. The number of ether oxygens (including phenoxy) is 1. The molecule has 1 N–H and O–H groups in total. The van der Waals surface area contributed by atoms with Gasteiger partial charge in [0, 0.05) is 51.2 Å². The quantitative estimate of drug-likeness (QED) is 0.300. The molecule has 3 saturated heterocycles. The predicted molar refractivity (Wildman–Crippen MR) is 144 cm³/mol. The average molecular weight is 576 g/mol. The molecule has 1 aliphatic carbocycles. The number of piperidine rings is 1. The highest BCUT2D eigenvalue weighted by atomic mass is 127. The van der Waals surface area contributed by atoms with Gasteiger partial charge in [-0.25, -0.2) is 0 Å². The number of nitrogens with one attached hydrogen (secondary N) is 1. The number of hydrogen-bond donors (Lipinski definition) is 1. The van der Waals surface area contributed by atoms with Gasteiger partial charge in [0.05, 0.1) is 19.8 Å². The van der Waals surface area contributed by atoms with Crippen LogP contribution in [-0.2, 0) is 9.53 Å². The molecule has 190 valence electrons. The van der Waals surface area contributed by atoms with E-state index >= 15 is 0 Å². The van der Waals surface area contributed by atoms with E-state index in [1.54, 1.807) is 0 Å². The zero-order valence-corrected chi connectivity index (χ0v) is 23.0. The minimum atomic E-state index is 0. The Kier molecular flexibility index (Phi) is 11.5. The van der Waals surface area contributed by atoms with Gasteiger partial charge in [0.25, 0.3) is 0 Å². The second kappa shape index (κ2) is 14.1. The van der Waals surface area contributed by atoms with Crippen LogP contribution >= 0.6 is 24.0 Å². The van der Waals surface area contributed by atoms with Crippen molar-refractivity contribution in [3.8, 4) is 0 Å². The van der Waals surface area contributed by atoms with Crippen LogP contribution in [0.1, 0.15) is 64.7 Å². The van der Waals surface area contributed by atoms with E-state index in [0.717, 1.165) is 64.0 Å². The zero-order chi connectivity index (χ0) is 22.2. The summed E-state index contributed by atoms with van der Waals surface area (Å²) in [7, 11) is 0. The van der Waals surface area contributed by atoms with Gasteiger partial charge in [0.1, 0.15) is 0 Å². The molecule has 0 aromatic rings. The number of hydrogen-bond acceptors (Lipinski definition) is 4. The second-order valence-electron chi connectivity index (χ2n) is 10.2. The minimum Gasteiger partial charge on any atom is -0.378 e. The number of carbonyl (C=O) groups excluding carboxylic acids is 1. The first kappa shape index (κ1) is 27.0. The third-order valence-electron chi connectivity index (χ3n) is 7.97. The Morgan fingerprint density at radius 2 is 1.64 bits per heavy atom. The molecule has 4 rings (SSSR count). The maximum Gasteiger partial charge on any atom is 0.225 e. The standard InChI is InChI=1S/C25H45N5O2.HI/c1-2-26-25(27-19-23-9-6-12-30(23)20-21-7-4-3-5-8-21)29-13-10-22(11-14-29)24(31)28-15-17-32-18-16-28;/h21-23H,2-20H2,1H3,(H,26,27);1H. The Bertz CT molecular complexity index is 614. The van der Waals surface area contributed by atoms with Crippen molar-refractivity contribution < 1.29 is 9.53 Å². The van der Waals surface area contributed by atoms with Crippen molar-refractivity contribution in [2.45, 2.75) is 70.8 Å². The molecule has 8 heteroatoms. The SMILES string of the molecule is CCNC(=NCC1CCCN1CC1CCCCC1)N1CCC(C(=O)N2CCOCC2)CC1.I. The fraction of sp³-hybridized carbons (Fsp3) is 0.920. The van der Waals surface area contributed by atoms with E-state index in [4.69, 9.17) is 9.73 Å². The molecule has 3 aliphatic heterocycles. The number of guanidine groups is 1. The molecular formula is C25H46IN5O2. The van der Waals surface area contributed by atoms with Crippen molar-refractivity contribution in [2.75, 3.05) is 65.6 Å². The smallest absolute Gasteiger partial charge is 0.225 e. The van der Waals surface area contributed by atoms with Crippen LogP contribution in [0.25, 0.3) is 0 Å². The van der Waals surface area contributed by atoms with Crippen LogP contribution in [0, 0.1) is 11.8 Å². The maximum absolute atomic E-state index is 12.9. The third kappa shape index (κ3) is 7.69. The second-order valence-corrected chi connectivity index (χ2v) is 10.2. The summed E-state index contributed by atoms with van der Waals surface area (Å²) < 4.78 is 5.40. The first-order valence-corrected chi connectivity index (χ1v) is 13.4. The van der Waals surface area contributed by atoms with Gasteiger partial charge < -0.3 is 19.9 Å². The third-order valence-corrected chi connectivity index (χ3v) is 7.97. The summed E-state index contributed by atoms with van der Waals surface area (Å²) in [6.07, 6.45) is 11.6. The van der Waals surface area contributed by atoms with Crippen molar-refractivity contribution in [3.63, 3.8) is 0 Å². The molecule has 0 aromatic heterocycles. The Hall–Kier alpha value is -0.610. The van der Waals surface area contributed by atoms with Gasteiger partial charge in [0.15, 0.2) is 5.96 Å². The fourth-order valence-corrected chi connectivity index (χ4v) is 6.04. The summed E-state index contributed by atoms with van der Waals surface area (Å²) in [6, 6.07) is 0.603. The molecule has 0 spiro atoms. The lowest BCUT2D eigenvalue weighted by Gasteiger charge is -2.37. The monoisotopic (exact) mass is 575 g/mol. The predicted octanol–water partition coefficient (Wildman–Crippen LogP) is 3.19. The zero-order valence-electron chi connectivity index (χ0n) is 20.7. The molecule has 0 radical (unpaired) electrons. The molecule has 3 heterocycles. The van der Waals surface area contributed by atoms with Crippen molar-refractivity contribution in [1.82, 2.24) is 20.0 Å². The molecule has 0 bridgehead atoms. The molecule has 33 heavy (non-hydrogen) atoms. The van der Waals surface area contributed by atoms with E-state index in [2.05, 4.69) is 22.0 Å². The Morgan fingerprint density at radius 3 is 2.33 bits per heavy atom. The van der Waals surface area contributed by atoms with E-state index in [9.17, 15) is 4.79 Å². The van der Waals surface area contributed by atoms with E-state index in [0.29, 0.717) is 25.2 Å². The van der Waals surface area contributed by atoms with Crippen molar-refractivity contribution in [1.29, 1.82) is 0 Å². The molecule has 4 aliphatic rings. The lowest BCUT2D eigenvalue weighted by Crippen LogP contribution is -2.50. The van der Waals surface area contributed by atoms with E-state index in [1.165, 1.54) is 58.0 Å². The van der Waals surface area contributed by atoms with Gasteiger partial charge >= 0.3 is 0 Å². The summed E-state index contributed by atoms with van der Waals surface area (Å²) in [6.45, 7) is 11.2. The Morgan fingerprint density at radius 1 is 0.909 bits per heavy atom. The number of likely N-dealkylation sites (tertiary alicyclic amines) is 2. The number of halogens is 1. The number of amides is 1. The first-order chi connectivity index (χ1) is 15.7. The van der Waals surface area contributed by atoms with Crippen LogP contribution < -0.4 is 5.32 Å². The van der Waals surface area contributed by atoms with Crippen molar-refractivity contribution >= 4 is 35.8 Å². The van der Waals surface area contributed by atoms with Gasteiger partial charge in [-0.05, 0) is 57.9 Å². The van der Waals surface area contributed by atoms with E-state index in [-0.39, 0.29) is 29.9 Å². The lowest BCUT2D eigenvalue weighted by atomic mass is 9.89. The van der Waals surface area contributed by atoms with Crippen LogP contribution in [0.3, 0.4) is 0 Å². The molecule has 1 saturated carbocycles. The molecule has 7 nitrogen and oxygen atoms in total. The lowest BCUT2D eigenvalue weighted by molar-refractivity contribution is -0.140. The molecule has 1 atom stereocenters. The van der Waals surface area contributed by atoms with Gasteiger partial charge in [0.2, 0.25) is 5.91 Å². The topological polar surface area (TPSA) is 60.4 Å². The Balaban J connectivity index is 0.00000306. The van der Waals surface area contributed by atoms with Gasteiger partial charge in [-0.2, -0.15) is 0 Å². The summed E-state index contributed by atoms with van der Waals surface area (Å²) in [4.78, 5) is 25.1. The fourth-order valence-electron chi connectivity index (χ4n) is 6.04. The first-order valence-electron chi connectivity index (χ1n) is 13.4. The molecule has 4 fully saturated rings. The number of nitrogens with zero attached hydrogens (tertiary/aromatic N) is 4. The van der Waals surface area contributed by atoms with Crippen LogP contribution in [0.4, 0.5) is 0 Å². The number of carbonyl (C=O) groups is 1. The normalized spacial score (nSPS) is 26.3. The van der Waals surface area contributed by atoms with Crippen LogP contribution in [0.15, 0.2) is 4.99 Å². The highest BCUT2D eigenvalue weighted by molar-refractivity contribution is 14.0. The van der Waals surface area contributed by atoms with Crippen molar-refractivity contribution in [3.05, 3.63) is 0 Å². The molecular weight excluding hydrogens is 529 g/mol. The average Bonchev–Trinajstić information content (AvgIpc) is 3.29. The van der Waals surface area contributed by atoms with Crippen LogP contribution in [-0.4, -0.2) is 98.2 Å². The summed E-state index contributed by atoms with van der Waals surface area (Å²) in [5, 5.41) is 3.53. The van der Waals surface area contributed by atoms with Gasteiger partial charge in [-0.3, -0.25) is 14.7 Å². The van der Waals surface area contributed by atoms with E-state index < -0.39 is 0 Å². The molecule has 1 unspecified atom stereocenters. The maximum atomic E-state index is 12.9. The summed E-state index contributed by atoms with van der Waals surface area (Å²) >= 11 is 0. The Labute approximate surface area is 218 Å². The van der Waals surface area contributed by atoms with Gasteiger partial charge in [-0.1, -0.05) is 19.3 Å². The largest absolute Gasteiger partial charge is 0.378 e. The molecule has 1 amide bonds. The summed E-state index contributed by atoms with van der Waals surface area (Å²) in [5.41, 5.74) is 0. The number of aliphatic imine (C=N–C) groups is 1. The van der Waals surface area contributed by atoms with Crippen molar-refractivity contribution in [2.24, 2.45) is 16.8 Å². The highest BCUT2D eigenvalue weighted by Gasteiger charge is 2.31.